The maximum absolute atomic E-state index is 12.2. The molecule has 0 aromatic heterocycles. The molecule has 1 unspecified atom stereocenters. The standard InChI is InChI=1S/C19H22BNO4/c1-13-6-5-9-16-15(12-25-19(13)16)11-17(20(23)24)21-18(22)10-14-7-3-2-4-8-14/h2-9,15,17,23-24H,10-12H2,1H3,(H,21,22)/t15-,17?/m0/s1. The van der Waals surface area contributed by atoms with Crippen molar-refractivity contribution in [2.75, 3.05) is 6.61 Å². The van der Waals surface area contributed by atoms with Gasteiger partial charge in [0.05, 0.1) is 19.0 Å². The van der Waals surface area contributed by atoms with E-state index in [2.05, 4.69) is 5.32 Å². The van der Waals surface area contributed by atoms with Gasteiger partial charge in [-0.25, -0.2) is 0 Å². The van der Waals surface area contributed by atoms with Crippen LogP contribution in [0.15, 0.2) is 48.5 Å². The SMILES string of the molecule is Cc1cccc2c1OC[C@@H]2CC(NC(=O)Cc1ccccc1)B(O)O. The molecule has 0 aliphatic carbocycles. The van der Waals surface area contributed by atoms with Gasteiger partial charge < -0.3 is 20.1 Å². The lowest BCUT2D eigenvalue weighted by Gasteiger charge is -2.21. The van der Waals surface area contributed by atoms with Crippen molar-refractivity contribution >= 4 is 13.0 Å². The van der Waals surface area contributed by atoms with Gasteiger partial charge in [-0.15, -0.1) is 0 Å². The molecule has 3 N–H and O–H groups in total. The van der Waals surface area contributed by atoms with Gasteiger partial charge in [0.2, 0.25) is 5.91 Å². The van der Waals surface area contributed by atoms with Gasteiger partial charge in [0, 0.05) is 11.5 Å². The fourth-order valence-corrected chi connectivity index (χ4v) is 3.26. The van der Waals surface area contributed by atoms with Crippen LogP contribution in [0.2, 0.25) is 0 Å². The number of para-hydroxylation sites is 1. The minimum atomic E-state index is -1.62. The summed E-state index contributed by atoms with van der Waals surface area (Å²) in [5.74, 6) is -0.0722. The van der Waals surface area contributed by atoms with Crippen molar-refractivity contribution in [3.8, 4) is 5.75 Å². The second kappa shape index (κ2) is 7.72. The van der Waals surface area contributed by atoms with Crippen molar-refractivity contribution in [3.05, 3.63) is 65.2 Å². The Bertz CT molecular complexity index is 735. The van der Waals surface area contributed by atoms with Crippen LogP contribution >= 0.6 is 0 Å². The van der Waals surface area contributed by atoms with Crippen LogP contribution in [0, 0.1) is 6.92 Å². The molecule has 25 heavy (non-hydrogen) atoms. The molecule has 0 radical (unpaired) electrons. The average molecular weight is 339 g/mol. The molecule has 0 bridgehead atoms. The molecular weight excluding hydrogens is 317 g/mol. The predicted octanol–water partition coefficient (Wildman–Crippen LogP) is 1.60. The van der Waals surface area contributed by atoms with Crippen molar-refractivity contribution in [1.29, 1.82) is 0 Å². The maximum atomic E-state index is 12.2. The highest BCUT2D eigenvalue weighted by Gasteiger charge is 2.33. The number of aryl methyl sites for hydroxylation is 1. The van der Waals surface area contributed by atoms with Crippen LogP contribution < -0.4 is 10.1 Å². The molecule has 2 aromatic carbocycles. The lowest BCUT2D eigenvalue weighted by molar-refractivity contribution is -0.120. The van der Waals surface area contributed by atoms with Crippen LogP contribution in [0.1, 0.15) is 29.0 Å². The Morgan fingerprint density at radius 1 is 1.24 bits per heavy atom. The van der Waals surface area contributed by atoms with Crippen molar-refractivity contribution in [2.24, 2.45) is 0 Å². The molecule has 1 aliphatic rings. The summed E-state index contributed by atoms with van der Waals surface area (Å²) in [6.07, 6.45) is 0.621. The Balaban J connectivity index is 1.65. The Morgan fingerprint density at radius 2 is 2.00 bits per heavy atom. The molecule has 0 fully saturated rings. The smallest absolute Gasteiger partial charge is 0.475 e. The van der Waals surface area contributed by atoms with Gasteiger partial charge >= 0.3 is 7.12 Å². The van der Waals surface area contributed by atoms with Gasteiger partial charge in [0.15, 0.2) is 0 Å². The molecule has 5 nitrogen and oxygen atoms in total. The van der Waals surface area contributed by atoms with Crippen LogP contribution in [0.3, 0.4) is 0 Å². The van der Waals surface area contributed by atoms with Gasteiger partial charge in [-0.05, 0) is 24.5 Å². The van der Waals surface area contributed by atoms with E-state index < -0.39 is 13.1 Å². The van der Waals surface area contributed by atoms with Crippen molar-refractivity contribution in [2.45, 2.75) is 31.6 Å². The van der Waals surface area contributed by atoms with Crippen LogP contribution in [-0.2, 0) is 11.2 Å². The van der Waals surface area contributed by atoms with Crippen LogP contribution in [0.25, 0.3) is 0 Å². The third kappa shape index (κ3) is 4.21. The minimum Gasteiger partial charge on any atom is -0.492 e. The Kier molecular flexibility index (Phi) is 5.41. The number of hydrogen-bond acceptors (Lipinski definition) is 4. The van der Waals surface area contributed by atoms with E-state index in [0.29, 0.717) is 13.0 Å². The van der Waals surface area contributed by atoms with E-state index in [4.69, 9.17) is 4.74 Å². The highest BCUT2D eigenvalue weighted by molar-refractivity contribution is 6.43. The largest absolute Gasteiger partial charge is 0.492 e. The average Bonchev–Trinajstić information content (AvgIpc) is 2.99. The van der Waals surface area contributed by atoms with E-state index in [1.54, 1.807) is 0 Å². The van der Waals surface area contributed by atoms with Gasteiger partial charge in [-0.3, -0.25) is 4.79 Å². The van der Waals surface area contributed by atoms with Gasteiger partial charge in [-0.1, -0.05) is 48.5 Å². The number of benzene rings is 2. The number of ether oxygens (including phenoxy) is 1. The molecule has 2 atom stereocenters. The number of rotatable bonds is 6. The molecule has 1 heterocycles. The number of nitrogens with one attached hydrogen (secondary N) is 1. The zero-order valence-corrected chi connectivity index (χ0v) is 14.2. The third-order valence-electron chi connectivity index (χ3n) is 4.56. The van der Waals surface area contributed by atoms with Crippen LogP contribution in [0.4, 0.5) is 0 Å². The molecule has 6 heteroatoms. The first-order valence-electron chi connectivity index (χ1n) is 8.46. The number of carbonyl (C=O) groups excluding carboxylic acids is 1. The number of amides is 1. The normalized spacial score (nSPS) is 16.7. The van der Waals surface area contributed by atoms with E-state index in [1.165, 1.54) is 0 Å². The van der Waals surface area contributed by atoms with Gasteiger partial charge in [-0.2, -0.15) is 0 Å². The lowest BCUT2D eigenvalue weighted by atomic mass is 9.73. The maximum Gasteiger partial charge on any atom is 0.475 e. The zero-order valence-electron chi connectivity index (χ0n) is 14.2. The highest BCUT2D eigenvalue weighted by atomic mass is 16.5. The molecule has 0 saturated carbocycles. The molecule has 0 saturated heterocycles. The number of hydrogen-bond donors (Lipinski definition) is 3. The second-order valence-corrected chi connectivity index (χ2v) is 6.49. The molecule has 1 aliphatic heterocycles. The highest BCUT2D eigenvalue weighted by Crippen LogP contribution is 2.38. The molecule has 3 rings (SSSR count). The fourth-order valence-electron chi connectivity index (χ4n) is 3.26. The summed E-state index contributed by atoms with van der Waals surface area (Å²) in [6.45, 7) is 2.47. The summed E-state index contributed by atoms with van der Waals surface area (Å²) in [5.41, 5.74) is 3.01. The number of fused-ring (bicyclic) bond motifs is 1. The zero-order chi connectivity index (χ0) is 17.8. The van der Waals surface area contributed by atoms with E-state index in [-0.39, 0.29) is 18.2 Å². The predicted molar refractivity (Wildman–Crippen MR) is 96.3 cm³/mol. The van der Waals surface area contributed by atoms with E-state index in [1.807, 2.05) is 55.5 Å². The molecule has 2 aromatic rings. The Hall–Kier alpha value is -2.31. The van der Waals surface area contributed by atoms with E-state index in [0.717, 1.165) is 22.4 Å². The van der Waals surface area contributed by atoms with Crippen molar-refractivity contribution in [3.63, 3.8) is 0 Å². The number of carbonyl (C=O) groups is 1. The first kappa shape index (κ1) is 17.5. The first-order chi connectivity index (χ1) is 12.0. The van der Waals surface area contributed by atoms with Gasteiger partial charge in [0.1, 0.15) is 5.75 Å². The monoisotopic (exact) mass is 339 g/mol. The summed E-state index contributed by atoms with van der Waals surface area (Å²) in [5, 5.41) is 22.1. The third-order valence-corrected chi connectivity index (χ3v) is 4.56. The topological polar surface area (TPSA) is 78.8 Å². The summed E-state index contributed by atoms with van der Waals surface area (Å²) in [7, 11) is -1.62. The van der Waals surface area contributed by atoms with Crippen LogP contribution in [-0.4, -0.2) is 35.6 Å². The fraction of sp³-hybridized carbons (Fsp3) is 0.316. The lowest BCUT2D eigenvalue weighted by Crippen LogP contribution is -2.47. The first-order valence-corrected chi connectivity index (χ1v) is 8.46. The van der Waals surface area contributed by atoms with E-state index >= 15 is 0 Å². The quantitative estimate of drug-likeness (QED) is 0.699. The van der Waals surface area contributed by atoms with Crippen LogP contribution in [0.5, 0.6) is 5.75 Å². The summed E-state index contributed by atoms with van der Waals surface area (Å²) < 4.78 is 5.75. The molecule has 130 valence electrons. The summed E-state index contributed by atoms with van der Waals surface area (Å²) in [6, 6.07) is 15.3. The minimum absolute atomic E-state index is 0.0266. The van der Waals surface area contributed by atoms with E-state index in [9.17, 15) is 14.8 Å². The van der Waals surface area contributed by atoms with Crippen molar-refractivity contribution in [1.82, 2.24) is 5.32 Å². The molecule has 1 amide bonds. The van der Waals surface area contributed by atoms with Gasteiger partial charge in [0.25, 0.3) is 0 Å². The van der Waals surface area contributed by atoms with Crippen molar-refractivity contribution < 1.29 is 19.6 Å². The summed E-state index contributed by atoms with van der Waals surface area (Å²) >= 11 is 0. The Labute approximate surface area is 147 Å². The molecule has 0 spiro atoms. The second-order valence-electron chi connectivity index (χ2n) is 6.49. The molecular formula is C19H22BNO4. The Morgan fingerprint density at radius 3 is 2.72 bits per heavy atom. The summed E-state index contributed by atoms with van der Waals surface area (Å²) in [4.78, 5) is 12.2.